The number of rotatable bonds is 2. The number of ether oxygens (including phenoxy) is 1. The summed E-state index contributed by atoms with van der Waals surface area (Å²) in [7, 11) is 1.36. The summed E-state index contributed by atoms with van der Waals surface area (Å²) in [5, 5.41) is 0. The maximum atomic E-state index is 11.4. The second-order valence-electron chi connectivity index (χ2n) is 3.73. The van der Waals surface area contributed by atoms with E-state index in [2.05, 4.69) is 9.72 Å². The van der Waals surface area contributed by atoms with Crippen LogP contribution in [0.5, 0.6) is 0 Å². The van der Waals surface area contributed by atoms with Crippen molar-refractivity contribution in [2.24, 2.45) is 0 Å². The Hall–Kier alpha value is -2.10. The second kappa shape index (κ2) is 4.41. The molecule has 0 fully saturated rings. The maximum absolute atomic E-state index is 11.4. The molecule has 88 valence electrons. The van der Waals surface area contributed by atoms with Crippen molar-refractivity contribution < 1.29 is 13.9 Å². The Bertz CT molecular complexity index is 538. The minimum absolute atomic E-state index is 0.369. The van der Waals surface area contributed by atoms with Crippen LogP contribution in [0.3, 0.4) is 0 Å². The van der Waals surface area contributed by atoms with E-state index in [-0.39, 0.29) is 5.97 Å². The minimum Gasteiger partial charge on any atom is -0.465 e. The Morgan fingerprint density at radius 2 is 2.12 bits per heavy atom. The van der Waals surface area contributed by atoms with Crippen molar-refractivity contribution in [1.82, 2.24) is 4.98 Å². The molecule has 0 bridgehead atoms. The number of carbonyl (C=O) groups excluding carboxylic acids is 1. The Balaban J connectivity index is 2.42. The van der Waals surface area contributed by atoms with Crippen LogP contribution in [0.15, 0.2) is 28.7 Å². The molecule has 0 aliphatic heterocycles. The summed E-state index contributed by atoms with van der Waals surface area (Å²) >= 11 is 0. The van der Waals surface area contributed by atoms with Gasteiger partial charge in [-0.3, -0.25) is 0 Å². The van der Waals surface area contributed by atoms with Crippen LogP contribution in [-0.2, 0) is 4.74 Å². The number of hydrogen-bond acceptors (Lipinski definition) is 4. The predicted octanol–water partition coefficient (Wildman–Crippen LogP) is 2.75. The van der Waals surface area contributed by atoms with Gasteiger partial charge in [0, 0.05) is 5.56 Å². The average molecular weight is 231 g/mol. The molecular formula is C13H13NO3. The summed E-state index contributed by atoms with van der Waals surface area (Å²) in [6.07, 6.45) is 0. The number of nitrogens with zero attached hydrogens (tertiary/aromatic N) is 1. The number of methoxy groups -OCH3 is 1. The SMILES string of the molecule is COC(=O)c1cccc(-c2nc(C)c(C)o2)c1. The van der Waals surface area contributed by atoms with Gasteiger partial charge in [-0.1, -0.05) is 6.07 Å². The first-order chi connectivity index (χ1) is 8.11. The van der Waals surface area contributed by atoms with Crippen LogP contribution >= 0.6 is 0 Å². The van der Waals surface area contributed by atoms with E-state index < -0.39 is 0 Å². The average Bonchev–Trinajstić information content (AvgIpc) is 2.69. The van der Waals surface area contributed by atoms with Crippen molar-refractivity contribution in [2.45, 2.75) is 13.8 Å². The largest absolute Gasteiger partial charge is 0.465 e. The highest BCUT2D eigenvalue weighted by Crippen LogP contribution is 2.22. The van der Waals surface area contributed by atoms with Gasteiger partial charge in [0.1, 0.15) is 5.76 Å². The molecule has 1 heterocycles. The van der Waals surface area contributed by atoms with Gasteiger partial charge in [0.05, 0.1) is 18.4 Å². The number of oxazole rings is 1. The van der Waals surface area contributed by atoms with Crippen LogP contribution in [0.25, 0.3) is 11.5 Å². The number of hydrogen-bond donors (Lipinski definition) is 0. The molecule has 4 heteroatoms. The van der Waals surface area contributed by atoms with E-state index in [9.17, 15) is 4.79 Å². The first-order valence-electron chi connectivity index (χ1n) is 5.24. The summed E-state index contributed by atoms with van der Waals surface area (Å²) < 4.78 is 10.2. The van der Waals surface area contributed by atoms with E-state index in [4.69, 9.17) is 4.42 Å². The van der Waals surface area contributed by atoms with Crippen LogP contribution in [0.4, 0.5) is 0 Å². The third-order valence-electron chi connectivity index (χ3n) is 2.56. The van der Waals surface area contributed by atoms with E-state index in [1.807, 2.05) is 19.9 Å². The first kappa shape index (κ1) is 11.4. The standard InChI is InChI=1S/C13H13NO3/c1-8-9(2)17-12(14-8)10-5-4-6-11(7-10)13(15)16-3/h4-7H,1-3H3. The summed E-state index contributed by atoms with van der Waals surface area (Å²) in [6.45, 7) is 3.74. The van der Waals surface area contributed by atoms with Gasteiger partial charge in [-0.2, -0.15) is 0 Å². The number of esters is 1. The molecule has 0 saturated heterocycles. The van der Waals surface area contributed by atoms with Gasteiger partial charge < -0.3 is 9.15 Å². The van der Waals surface area contributed by atoms with Crippen LogP contribution in [-0.4, -0.2) is 18.1 Å². The topological polar surface area (TPSA) is 52.3 Å². The molecule has 0 aliphatic rings. The predicted molar refractivity (Wildman–Crippen MR) is 62.8 cm³/mol. The smallest absolute Gasteiger partial charge is 0.337 e. The summed E-state index contributed by atoms with van der Waals surface area (Å²) in [6, 6.07) is 7.02. The molecule has 2 aromatic rings. The normalized spacial score (nSPS) is 10.3. The summed E-state index contributed by atoms with van der Waals surface area (Å²) in [4.78, 5) is 15.7. The molecule has 0 aliphatic carbocycles. The molecule has 0 unspecified atom stereocenters. The molecule has 0 spiro atoms. The van der Waals surface area contributed by atoms with Crippen LogP contribution < -0.4 is 0 Å². The minimum atomic E-state index is -0.369. The zero-order valence-electron chi connectivity index (χ0n) is 9.98. The van der Waals surface area contributed by atoms with Crippen molar-refractivity contribution in [3.8, 4) is 11.5 Å². The zero-order chi connectivity index (χ0) is 12.4. The van der Waals surface area contributed by atoms with Crippen molar-refractivity contribution >= 4 is 5.97 Å². The van der Waals surface area contributed by atoms with Gasteiger partial charge in [0.25, 0.3) is 0 Å². The number of benzene rings is 1. The van der Waals surface area contributed by atoms with Gasteiger partial charge in [0.2, 0.25) is 5.89 Å². The number of aromatic nitrogens is 1. The quantitative estimate of drug-likeness (QED) is 0.746. The molecule has 0 N–H and O–H groups in total. The third-order valence-corrected chi connectivity index (χ3v) is 2.56. The molecule has 0 atom stereocenters. The molecule has 4 nitrogen and oxygen atoms in total. The van der Waals surface area contributed by atoms with Crippen LogP contribution in [0, 0.1) is 13.8 Å². The van der Waals surface area contributed by atoms with E-state index >= 15 is 0 Å². The van der Waals surface area contributed by atoms with Crippen molar-refractivity contribution in [2.75, 3.05) is 7.11 Å². The van der Waals surface area contributed by atoms with Crippen molar-refractivity contribution in [3.63, 3.8) is 0 Å². The van der Waals surface area contributed by atoms with Crippen LogP contribution in [0.2, 0.25) is 0 Å². The molecule has 17 heavy (non-hydrogen) atoms. The molecule has 0 radical (unpaired) electrons. The fourth-order valence-electron chi connectivity index (χ4n) is 1.49. The number of aryl methyl sites for hydroxylation is 2. The highest BCUT2D eigenvalue weighted by atomic mass is 16.5. The first-order valence-corrected chi connectivity index (χ1v) is 5.24. The van der Waals surface area contributed by atoms with Gasteiger partial charge in [-0.15, -0.1) is 0 Å². The molecule has 0 saturated carbocycles. The molecule has 1 aromatic carbocycles. The van der Waals surface area contributed by atoms with Crippen LogP contribution in [0.1, 0.15) is 21.8 Å². The molecule has 1 aromatic heterocycles. The lowest BCUT2D eigenvalue weighted by Gasteiger charge is -2.00. The van der Waals surface area contributed by atoms with Gasteiger partial charge in [0.15, 0.2) is 0 Å². The van der Waals surface area contributed by atoms with E-state index in [1.165, 1.54) is 7.11 Å². The third kappa shape index (κ3) is 2.20. The summed E-state index contributed by atoms with van der Waals surface area (Å²) in [5.74, 6) is 0.932. The zero-order valence-corrected chi connectivity index (χ0v) is 9.98. The lowest BCUT2D eigenvalue weighted by atomic mass is 10.1. The van der Waals surface area contributed by atoms with E-state index in [1.54, 1.807) is 18.2 Å². The van der Waals surface area contributed by atoms with Gasteiger partial charge >= 0.3 is 5.97 Å². The Morgan fingerprint density at radius 1 is 1.35 bits per heavy atom. The Morgan fingerprint density at radius 3 is 2.71 bits per heavy atom. The molecule has 0 amide bonds. The van der Waals surface area contributed by atoms with E-state index in [0.717, 1.165) is 17.0 Å². The monoisotopic (exact) mass is 231 g/mol. The fourth-order valence-corrected chi connectivity index (χ4v) is 1.49. The lowest BCUT2D eigenvalue weighted by Crippen LogP contribution is -2.00. The van der Waals surface area contributed by atoms with Gasteiger partial charge in [-0.25, -0.2) is 9.78 Å². The molecule has 2 rings (SSSR count). The highest BCUT2D eigenvalue weighted by Gasteiger charge is 2.11. The Kier molecular flexibility index (Phi) is 2.95. The maximum Gasteiger partial charge on any atom is 0.337 e. The highest BCUT2D eigenvalue weighted by molar-refractivity contribution is 5.90. The van der Waals surface area contributed by atoms with Gasteiger partial charge in [-0.05, 0) is 32.0 Å². The van der Waals surface area contributed by atoms with Crippen molar-refractivity contribution in [3.05, 3.63) is 41.3 Å². The lowest BCUT2D eigenvalue weighted by molar-refractivity contribution is 0.0601. The second-order valence-corrected chi connectivity index (χ2v) is 3.73. The Labute approximate surface area is 99.2 Å². The van der Waals surface area contributed by atoms with E-state index in [0.29, 0.717) is 11.5 Å². The van der Waals surface area contributed by atoms with Crippen molar-refractivity contribution in [1.29, 1.82) is 0 Å². The number of carbonyl (C=O) groups is 1. The molecular weight excluding hydrogens is 218 g/mol. The summed E-state index contributed by atoms with van der Waals surface area (Å²) in [5.41, 5.74) is 2.10. The fraction of sp³-hybridized carbons (Fsp3) is 0.231.